The van der Waals surface area contributed by atoms with E-state index in [0.717, 1.165) is 19.3 Å². The highest BCUT2D eigenvalue weighted by atomic mass is 31.2. The lowest BCUT2D eigenvalue weighted by Gasteiger charge is -2.30. The summed E-state index contributed by atoms with van der Waals surface area (Å²) in [6.07, 6.45) is 21.3. The van der Waals surface area contributed by atoms with Gasteiger partial charge in [0.1, 0.15) is 19.3 Å². The molecular weight excluding hydrogens is 515 g/mol. The number of nitrogens with zero attached hydrogens (tertiary/aromatic N) is 1. The summed E-state index contributed by atoms with van der Waals surface area (Å²) in [4.78, 5) is 24.1. The van der Waals surface area contributed by atoms with Crippen LogP contribution in [-0.4, -0.2) is 70.5 Å². The van der Waals surface area contributed by atoms with E-state index in [9.17, 15) is 14.3 Å². The van der Waals surface area contributed by atoms with Crippen LogP contribution in [0.5, 0.6) is 0 Å². The van der Waals surface area contributed by atoms with Crippen LogP contribution in [-0.2, 0) is 23.1 Å². The SMILES string of the molecule is CCCCCCCCCCCCCCCCCCOCC(CNC(=O)CCC)OP(=O)([O-])OCC[N+](C)(C)C. The maximum atomic E-state index is 12.3. The summed E-state index contributed by atoms with van der Waals surface area (Å²) in [6, 6.07) is 0. The van der Waals surface area contributed by atoms with Crippen LogP contribution < -0.4 is 10.2 Å². The average molecular weight is 579 g/mol. The molecule has 2 unspecified atom stereocenters. The summed E-state index contributed by atoms with van der Waals surface area (Å²) in [5, 5.41) is 2.73. The van der Waals surface area contributed by atoms with E-state index in [4.69, 9.17) is 13.8 Å². The molecule has 0 radical (unpaired) electrons. The number of ether oxygens (including phenoxy) is 1. The van der Waals surface area contributed by atoms with Gasteiger partial charge in [0.15, 0.2) is 0 Å². The summed E-state index contributed by atoms with van der Waals surface area (Å²) in [6.45, 7) is 5.47. The highest BCUT2D eigenvalue weighted by Gasteiger charge is 2.20. The largest absolute Gasteiger partial charge is 0.756 e. The second-order valence-corrected chi connectivity index (χ2v) is 13.3. The van der Waals surface area contributed by atoms with Crippen molar-refractivity contribution in [2.75, 3.05) is 54.1 Å². The molecule has 1 N–H and O–H groups in total. The highest BCUT2D eigenvalue weighted by molar-refractivity contribution is 7.45. The monoisotopic (exact) mass is 578 g/mol. The fraction of sp³-hybridized carbons (Fsp3) is 0.967. The van der Waals surface area contributed by atoms with Gasteiger partial charge in [0.05, 0.1) is 27.7 Å². The predicted molar refractivity (Wildman–Crippen MR) is 160 cm³/mol. The molecule has 0 aromatic rings. The van der Waals surface area contributed by atoms with E-state index in [-0.39, 0.29) is 25.7 Å². The van der Waals surface area contributed by atoms with Crippen LogP contribution in [0.1, 0.15) is 129 Å². The second kappa shape index (κ2) is 25.2. The Morgan fingerprint density at radius 1 is 0.769 bits per heavy atom. The van der Waals surface area contributed by atoms with Crippen molar-refractivity contribution in [3.05, 3.63) is 0 Å². The summed E-state index contributed by atoms with van der Waals surface area (Å²) in [7, 11) is 1.38. The van der Waals surface area contributed by atoms with E-state index in [1.165, 1.54) is 89.9 Å². The van der Waals surface area contributed by atoms with Gasteiger partial charge in [-0.2, -0.15) is 0 Å². The van der Waals surface area contributed by atoms with Gasteiger partial charge in [-0.3, -0.25) is 9.36 Å². The van der Waals surface area contributed by atoms with Crippen LogP contribution in [0, 0.1) is 0 Å². The topological polar surface area (TPSA) is 96.9 Å². The number of carbonyl (C=O) groups is 1. The smallest absolute Gasteiger partial charge is 0.268 e. The Balaban J connectivity index is 3.94. The van der Waals surface area contributed by atoms with Gasteiger partial charge in [-0.25, -0.2) is 0 Å². The molecule has 0 saturated heterocycles. The van der Waals surface area contributed by atoms with Gasteiger partial charge in [-0.05, 0) is 12.8 Å². The molecule has 39 heavy (non-hydrogen) atoms. The third kappa shape index (κ3) is 28.8. The van der Waals surface area contributed by atoms with Gasteiger partial charge in [-0.15, -0.1) is 0 Å². The number of rotatable bonds is 29. The number of phosphoric acid groups is 1. The van der Waals surface area contributed by atoms with Crippen LogP contribution >= 0.6 is 7.82 Å². The number of unbranched alkanes of at least 4 members (excludes halogenated alkanes) is 15. The number of quaternary nitrogens is 1. The molecule has 9 heteroatoms. The number of nitrogens with one attached hydrogen (secondary N) is 1. The first-order valence-electron chi connectivity index (χ1n) is 15.9. The first-order valence-corrected chi connectivity index (χ1v) is 17.3. The van der Waals surface area contributed by atoms with Crippen molar-refractivity contribution in [1.29, 1.82) is 0 Å². The molecule has 0 aliphatic rings. The molecule has 0 aromatic carbocycles. The van der Waals surface area contributed by atoms with Crippen LogP contribution in [0.2, 0.25) is 0 Å². The number of hydrogen-bond donors (Lipinski definition) is 1. The molecule has 0 fully saturated rings. The Labute approximate surface area is 241 Å². The van der Waals surface area contributed by atoms with E-state index < -0.39 is 13.9 Å². The van der Waals surface area contributed by atoms with Gasteiger partial charge in [0.25, 0.3) is 7.82 Å². The van der Waals surface area contributed by atoms with Crippen molar-refractivity contribution in [3.63, 3.8) is 0 Å². The number of carbonyl (C=O) groups excluding carboxylic acids is 1. The van der Waals surface area contributed by atoms with Crippen molar-refractivity contribution in [3.8, 4) is 0 Å². The molecular formula is C30H63N2O6P. The van der Waals surface area contributed by atoms with Crippen molar-refractivity contribution in [2.24, 2.45) is 0 Å². The molecule has 0 heterocycles. The number of amides is 1. The Morgan fingerprint density at radius 2 is 1.26 bits per heavy atom. The van der Waals surface area contributed by atoms with E-state index >= 15 is 0 Å². The normalized spacial score (nSPS) is 14.3. The Morgan fingerprint density at radius 3 is 1.72 bits per heavy atom. The molecule has 8 nitrogen and oxygen atoms in total. The molecule has 0 aliphatic carbocycles. The first kappa shape index (κ1) is 38.5. The van der Waals surface area contributed by atoms with E-state index in [1.807, 2.05) is 28.1 Å². The van der Waals surface area contributed by atoms with Crippen LogP contribution in [0.15, 0.2) is 0 Å². The average Bonchev–Trinajstić information content (AvgIpc) is 2.85. The fourth-order valence-electron chi connectivity index (χ4n) is 4.28. The third-order valence-corrected chi connectivity index (χ3v) is 7.79. The minimum Gasteiger partial charge on any atom is -0.756 e. The summed E-state index contributed by atoms with van der Waals surface area (Å²) in [5.74, 6) is -0.129. The standard InChI is InChI=1S/C30H63N2O6P/c1-6-8-9-10-11-12-13-14-15-16-17-18-19-20-21-22-25-36-28-29(27-31-30(33)23-7-2)38-39(34,35)37-26-24-32(3,4)5/h29H,6-28H2,1-5H3,(H-,31,33,34,35). The highest BCUT2D eigenvalue weighted by Crippen LogP contribution is 2.39. The second-order valence-electron chi connectivity index (χ2n) is 12.0. The van der Waals surface area contributed by atoms with Gasteiger partial charge in [0, 0.05) is 19.6 Å². The van der Waals surface area contributed by atoms with Crippen molar-refractivity contribution < 1.29 is 32.5 Å². The van der Waals surface area contributed by atoms with Crippen molar-refractivity contribution in [1.82, 2.24) is 5.32 Å². The molecule has 0 aromatic heterocycles. The zero-order valence-corrected chi connectivity index (χ0v) is 27.1. The van der Waals surface area contributed by atoms with Gasteiger partial charge < -0.3 is 28.5 Å². The van der Waals surface area contributed by atoms with Crippen LogP contribution in [0.25, 0.3) is 0 Å². The third-order valence-electron chi connectivity index (χ3n) is 6.74. The molecule has 0 rings (SSSR count). The van der Waals surface area contributed by atoms with Crippen LogP contribution in [0.3, 0.4) is 0 Å². The van der Waals surface area contributed by atoms with Crippen molar-refractivity contribution in [2.45, 2.75) is 136 Å². The zero-order valence-electron chi connectivity index (χ0n) is 26.2. The molecule has 0 saturated carbocycles. The molecule has 1 amide bonds. The minimum atomic E-state index is -4.50. The maximum absolute atomic E-state index is 12.3. The summed E-state index contributed by atoms with van der Waals surface area (Å²) >= 11 is 0. The van der Waals surface area contributed by atoms with E-state index in [2.05, 4.69) is 12.2 Å². The molecule has 0 aliphatic heterocycles. The van der Waals surface area contributed by atoms with E-state index in [1.54, 1.807) is 0 Å². The minimum absolute atomic E-state index is 0.0409. The number of hydrogen-bond acceptors (Lipinski definition) is 6. The number of phosphoric ester groups is 1. The molecule has 0 bridgehead atoms. The van der Waals surface area contributed by atoms with E-state index in [0.29, 0.717) is 24.1 Å². The predicted octanol–water partition coefficient (Wildman–Crippen LogP) is 6.76. The lowest BCUT2D eigenvalue weighted by Crippen LogP contribution is -2.38. The number of likely N-dealkylation sites (N-methyl/N-ethyl adjacent to an activating group) is 1. The molecule has 0 spiro atoms. The Bertz CT molecular complexity index is 615. The Hall–Kier alpha value is -0.500. The van der Waals surface area contributed by atoms with Gasteiger partial charge in [0.2, 0.25) is 5.91 Å². The van der Waals surface area contributed by atoms with Gasteiger partial charge in [-0.1, -0.05) is 110 Å². The fourth-order valence-corrected chi connectivity index (χ4v) is 5.14. The lowest BCUT2D eigenvalue weighted by molar-refractivity contribution is -0.870. The maximum Gasteiger partial charge on any atom is 0.268 e. The summed E-state index contributed by atoms with van der Waals surface area (Å²) < 4.78 is 28.9. The van der Waals surface area contributed by atoms with Gasteiger partial charge >= 0.3 is 0 Å². The van der Waals surface area contributed by atoms with Crippen LogP contribution in [0.4, 0.5) is 0 Å². The first-order chi connectivity index (χ1) is 18.6. The van der Waals surface area contributed by atoms with Crippen molar-refractivity contribution >= 4 is 13.7 Å². The quantitative estimate of drug-likeness (QED) is 0.0599. The summed E-state index contributed by atoms with van der Waals surface area (Å²) in [5.41, 5.74) is 0. The Kier molecular flexibility index (Phi) is 24.9. The zero-order chi connectivity index (χ0) is 29.2. The molecule has 2 atom stereocenters. The lowest BCUT2D eigenvalue weighted by atomic mass is 10.0. The molecule has 234 valence electrons.